The van der Waals surface area contributed by atoms with Crippen LogP contribution in [0.3, 0.4) is 0 Å². The number of hydrogen-bond donors (Lipinski definition) is 3. The molecule has 3 amide bonds. The van der Waals surface area contributed by atoms with Crippen molar-refractivity contribution >= 4 is 24.3 Å². The van der Waals surface area contributed by atoms with Crippen molar-refractivity contribution in [3.63, 3.8) is 0 Å². The second-order valence-corrected chi connectivity index (χ2v) is 6.58. The predicted octanol–water partition coefficient (Wildman–Crippen LogP) is 1.55. The Labute approximate surface area is 161 Å². The first kappa shape index (κ1) is 22.2. The van der Waals surface area contributed by atoms with E-state index < -0.39 is 6.03 Å². The smallest absolute Gasteiger partial charge is 0.321 e. The number of ether oxygens (including phenoxy) is 1. The number of rotatable bonds is 6. The number of para-hydroxylation sites is 1. The quantitative estimate of drug-likeness (QED) is 0.693. The van der Waals surface area contributed by atoms with Crippen molar-refractivity contribution in [2.75, 3.05) is 39.8 Å². The maximum absolute atomic E-state index is 12.2. The normalized spacial score (nSPS) is 17.3. The highest BCUT2D eigenvalue weighted by Gasteiger charge is 2.27. The predicted molar refractivity (Wildman–Crippen MR) is 104 cm³/mol. The summed E-state index contributed by atoms with van der Waals surface area (Å²) in [6, 6.07) is 7.40. The molecular formula is C18H29ClN4O3. The Morgan fingerprint density at radius 1 is 1.35 bits per heavy atom. The zero-order chi connectivity index (χ0) is 18.2. The van der Waals surface area contributed by atoms with Gasteiger partial charge in [-0.25, -0.2) is 4.79 Å². The van der Waals surface area contributed by atoms with Gasteiger partial charge in [0.1, 0.15) is 5.75 Å². The standard InChI is InChI=1S/C18H28N4O3.ClH/c1-13(2)10-20-18(24)21-17(23)12-22-9-8-19-11-15(22)14-6-4-5-7-16(14)25-3;/h4-7,13,15,19H,8-12H2,1-3H3,(H2,20,21,23,24);1H. The second kappa shape index (κ2) is 11.0. The summed E-state index contributed by atoms with van der Waals surface area (Å²) in [5.41, 5.74) is 1.04. The molecule has 8 heteroatoms. The summed E-state index contributed by atoms with van der Waals surface area (Å²) in [7, 11) is 1.64. The lowest BCUT2D eigenvalue weighted by molar-refractivity contribution is -0.122. The molecule has 2 rings (SSSR count). The van der Waals surface area contributed by atoms with E-state index >= 15 is 0 Å². The molecule has 1 aromatic carbocycles. The summed E-state index contributed by atoms with van der Waals surface area (Å²) in [6.45, 7) is 6.97. The second-order valence-electron chi connectivity index (χ2n) is 6.58. The van der Waals surface area contributed by atoms with Crippen molar-refractivity contribution < 1.29 is 14.3 Å². The van der Waals surface area contributed by atoms with Crippen LogP contribution in [0.25, 0.3) is 0 Å². The van der Waals surface area contributed by atoms with Crippen LogP contribution < -0.4 is 20.7 Å². The fraction of sp³-hybridized carbons (Fsp3) is 0.556. The number of urea groups is 1. The summed E-state index contributed by atoms with van der Waals surface area (Å²) in [4.78, 5) is 26.1. The third kappa shape index (κ3) is 6.48. The van der Waals surface area contributed by atoms with Gasteiger partial charge in [-0.05, 0) is 12.0 Å². The number of nitrogens with zero attached hydrogens (tertiary/aromatic N) is 1. The number of hydrogen-bond acceptors (Lipinski definition) is 5. The maximum Gasteiger partial charge on any atom is 0.321 e. The summed E-state index contributed by atoms with van der Waals surface area (Å²) in [6.07, 6.45) is 0. The highest BCUT2D eigenvalue weighted by molar-refractivity contribution is 5.95. The summed E-state index contributed by atoms with van der Waals surface area (Å²) < 4.78 is 5.45. The topological polar surface area (TPSA) is 82.7 Å². The summed E-state index contributed by atoms with van der Waals surface area (Å²) >= 11 is 0. The molecule has 1 atom stereocenters. The van der Waals surface area contributed by atoms with Crippen LogP contribution in [0.4, 0.5) is 4.79 Å². The molecule has 1 aromatic rings. The van der Waals surface area contributed by atoms with E-state index in [9.17, 15) is 9.59 Å². The first-order chi connectivity index (χ1) is 12.0. The number of carbonyl (C=O) groups is 2. The number of nitrogens with one attached hydrogen (secondary N) is 3. The number of amides is 3. The first-order valence-electron chi connectivity index (χ1n) is 8.66. The van der Waals surface area contributed by atoms with E-state index in [2.05, 4.69) is 20.9 Å². The lowest BCUT2D eigenvalue weighted by Crippen LogP contribution is -2.51. The molecule has 1 saturated heterocycles. The highest BCUT2D eigenvalue weighted by Crippen LogP contribution is 2.29. The van der Waals surface area contributed by atoms with Crippen LogP contribution in [0.2, 0.25) is 0 Å². The van der Waals surface area contributed by atoms with Crippen molar-refractivity contribution in [2.24, 2.45) is 5.92 Å². The van der Waals surface area contributed by atoms with Crippen LogP contribution in [0, 0.1) is 5.92 Å². The van der Waals surface area contributed by atoms with Crippen molar-refractivity contribution in [1.82, 2.24) is 20.9 Å². The van der Waals surface area contributed by atoms with Crippen molar-refractivity contribution in [3.8, 4) is 5.75 Å². The molecule has 0 bridgehead atoms. The minimum atomic E-state index is -0.442. The monoisotopic (exact) mass is 384 g/mol. The molecule has 26 heavy (non-hydrogen) atoms. The SMILES string of the molecule is COc1ccccc1C1CNCCN1CC(=O)NC(=O)NCC(C)C.Cl. The van der Waals surface area contributed by atoms with Crippen molar-refractivity contribution in [3.05, 3.63) is 29.8 Å². The van der Waals surface area contributed by atoms with Gasteiger partial charge in [0.05, 0.1) is 19.7 Å². The van der Waals surface area contributed by atoms with Gasteiger partial charge in [0.15, 0.2) is 0 Å². The summed E-state index contributed by atoms with van der Waals surface area (Å²) in [5, 5.41) is 8.44. The van der Waals surface area contributed by atoms with Crippen LogP contribution in [-0.4, -0.2) is 56.7 Å². The molecule has 0 aliphatic carbocycles. The third-order valence-electron chi connectivity index (χ3n) is 4.12. The maximum atomic E-state index is 12.2. The molecule has 1 aliphatic heterocycles. The van der Waals surface area contributed by atoms with Gasteiger partial charge in [-0.3, -0.25) is 15.0 Å². The number of imide groups is 1. The Kier molecular flexibility index (Phi) is 9.40. The molecule has 0 saturated carbocycles. The van der Waals surface area contributed by atoms with Gasteiger partial charge in [-0.15, -0.1) is 12.4 Å². The Hall–Kier alpha value is -1.83. The van der Waals surface area contributed by atoms with E-state index in [-0.39, 0.29) is 30.9 Å². The molecule has 1 aliphatic rings. The Morgan fingerprint density at radius 2 is 2.08 bits per heavy atom. The fourth-order valence-corrected chi connectivity index (χ4v) is 2.88. The zero-order valence-corrected chi connectivity index (χ0v) is 16.4. The van der Waals surface area contributed by atoms with E-state index in [1.807, 2.05) is 38.1 Å². The minimum Gasteiger partial charge on any atom is -0.496 e. The van der Waals surface area contributed by atoms with Gasteiger partial charge in [0.25, 0.3) is 0 Å². The van der Waals surface area contributed by atoms with Crippen molar-refractivity contribution in [1.29, 1.82) is 0 Å². The molecule has 3 N–H and O–H groups in total. The molecule has 0 radical (unpaired) electrons. The highest BCUT2D eigenvalue weighted by atomic mass is 35.5. The van der Waals surface area contributed by atoms with Gasteiger partial charge >= 0.3 is 6.03 Å². The van der Waals surface area contributed by atoms with E-state index in [0.717, 1.165) is 30.9 Å². The van der Waals surface area contributed by atoms with Gasteiger partial charge < -0.3 is 15.4 Å². The van der Waals surface area contributed by atoms with E-state index in [4.69, 9.17) is 4.74 Å². The Morgan fingerprint density at radius 3 is 2.77 bits per heavy atom. The molecule has 0 aromatic heterocycles. The number of benzene rings is 1. The van der Waals surface area contributed by atoms with Crippen LogP contribution in [0.1, 0.15) is 25.5 Å². The zero-order valence-electron chi connectivity index (χ0n) is 15.6. The van der Waals surface area contributed by atoms with Gasteiger partial charge in [-0.2, -0.15) is 0 Å². The van der Waals surface area contributed by atoms with E-state index in [0.29, 0.717) is 12.5 Å². The molecule has 1 unspecified atom stereocenters. The number of carbonyl (C=O) groups excluding carboxylic acids is 2. The molecule has 0 spiro atoms. The lowest BCUT2D eigenvalue weighted by Gasteiger charge is -2.36. The van der Waals surface area contributed by atoms with E-state index in [1.54, 1.807) is 7.11 Å². The minimum absolute atomic E-state index is 0. The average molecular weight is 385 g/mol. The van der Waals surface area contributed by atoms with Crippen LogP contribution in [0.5, 0.6) is 5.75 Å². The molecule has 7 nitrogen and oxygen atoms in total. The Bertz CT molecular complexity index is 598. The third-order valence-corrected chi connectivity index (χ3v) is 4.12. The van der Waals surface area contributed by atoms with E-state index in [1.165, 1.54) is 0 Å². The first-order valence-corrected chi connectivity index (χ1v) is 8.66. The fourth-order valence-electron chi connectivity index (χ4n) is 2.88. The molecule has 146 valence electrons. The number of piperazine rings is 1. The molecular weight excluding hydrogens is 356 g/mol. The lowest BCUT2D eigenvalue weighted by atomic mass is 10.0. The Balaban J connectivity index is 0.00000338. The number of methoxy groups -OCH3 is 1. The summed E-state index contributed by atoms with van der Waals surface area (Å²) in [5.74, 6) is 0.836. The van der Waals surface area contributed by atoms with Crippen LogP contribution in [-0.2, 0) is 4.79 Å². The van der Waals surface area contributed by atoms with Crippen molar-refractivity contribution in [2.45, 2.75) is 19.9 Å². The van der Waals surface area contributed by atoms with Gasteiger partial charge in [-0.1, -0.05) is 32.0 Å². The van der Waals surface area contributed by atoms with Gasteiger partial charge in [0.2, 0.25) is 5.91 Å². The molecule has 1 heterocycles. The largest absolute Gasteiger partial charge is 0.496 e. The average Bonchev–Trinajstić information content (AvgIpc) is 2.60. The number of halogens is 1. The van der Waals surface area contributed by atoms with Crippen LogP contribution >= 0.6 is 12.4 Å². The van der Waals surface area contributed by atoms with Gasteiger partial charge in [0, 0.05) is 31.7 Å². The molecule has 1 fully saturated rings. The van der Waals surface area contributed by atoms with Crippen LogP contribution in [0.15, 0.2) is 24.3 Å².